The van der Waals surface area contributed by atoms with E-state index < -0.39 is 0 Å². The van der Waals surface area contributed by atoms with Crippen molar-refractivity contribution in [2.24, 2.45) is 5.92 Å². The average molecular weight is 291 g/mol. The molecule has 0 aliphatic carbocycles. The topological polar surface area (TPSA) is 68.0 Å². The Morgan fingerprint density at radius 2 is 2.19 bits per heavy atom. The minimum absolute atomic E-state index is 0.109. The molecule has 1 N–H and O–H groups in total. The predicted molar refractivity (Wildman–Crippen MR) is 74.8 cm³/mol. The Morgan fingerprint density at radius 1 is 1.43 bits per heavy atom. The van der Waals surface area contributed by atoms with E-state index in [-0.39, 0.29) is 24.2 Å². The highest BCUT2D eigenvalue weighted by atomic mass is 19.1. The van der Waals surface area contributed by atoms with Gasteiger partial charge in [-0.05, 0) is 31.4 Å². The van der Waals surface area contributed by atoms with E-state index in [0.717, 1.165) is 0 Å². The maximum Gasteiger partial charge on any atom is 0.246 e. The second-order valence-corrected chi connectivity index (χ2v) is 4.98. The lowest BCUT2D eigenvalue weighted by atomic mass is 10.00. The number of amides is 1. The number of rotatable bonds is 6. The van der Waals surface area contributed by atoms with Crippen molar-refractivity contribution in [3.8, 4) is 0 Å². The van der Waals surface area contributed by atoms with Crippen LogP contribution in [-0.4, -0.2) is 16.0 Å². The minimum atomic E-state index is -0.230. The highest BCUT2D eigenvalue weighted by Gasteiger charge is 2.14. The van der Waals surface area contributed by atoms with Gasteiger partial charge in [0.15, 0.2) is 5.82 Å². The van der Waals surface area contributed by atoms with Gasteiger partial charge in [0.1, 0.15) is 5.82 Å². The molecule has 0 bridgehead atoms. The van der Waals surface area contributed by atoms with E-state index >= 15 is 0 Å². The zero-order valence-electron chi connectivity index (χ0n) is 12.1. The number of hydrogen-bond acceptors (Lipinski definition) is 4. The lowest BCUT2D eigenvalue weighted by Gasteiger charge is -2.11. The fourth-order valence-corrected chi connectivity index (χ4v) is 1.95. The van der Waals surface area contributed by atoms with Crippen molar-refractivity contribution in [3.05, 3.63) is 47.4 Å². The molecule has 0 saturated carbocycles. The van der Waals surface area contributed by atoms with Crippen LogP contribution in [0.5, 0.6) is 0 Å². The second kappa shape index (κ2) is 6.97. The molecule has 1 aromatic carbocycles. The Bertz CT molecular complexity index is 612. The first-order chi connectivity index (χ1) is 10.1. The summed E-state index contributed by atoms with van der Waals surface area (Å²) in [5, 5.41) is 6.38. The molecule has 112 valence electrons. The van der Waals surface area contributed by atoms with Gasteiger partial charge in [0.25, 0.3) is 0 Å². The summed E-state index contributed by atoms with van der Waals surface area (Å²) < 4.78 is 18.4. The molecule has 1 heterocycles. The fourth-order valence-electron chi connectivity index (χ4n) is 1.95. The van der Waals surface area contributed by atoms with Gasteiger partial charge >= 0.3 is 0 Å². The summed E-state index contributed by atoms with van der Waals surface area (Å²) in [6.45, 7) is 3.74. The second-order valence-electron chi connectivity index (χ2n) is 4.98. The summed E-state index contributed by atoms with van der Waals surface area (Å²) in [7, 11) is 0. The fraction of sp³-hybridized carbons (Fsp3) is 0.400. The number of aryl methyl sites for hydroxylation is 2. The molecule has 5 nitrogen and oxygen atoms in total. The van der Waals surface area contributed by atoms with Crippen molar-refractivity contribution in [3.63, 3.8) is 0 Å². The minimum Gasteiger partial charge on any atom is -0.347 e. The first kappa shape index (κ1) is 15.2. The van der Waals surface area contributed by atoms with Crippen LogP contribution >= 0.6 is 0 Å². The largest absolute Gasteiger partial charge is 0.347 e. The molecule has 0 saturated heterocycles. The summed E-state index contributed by atoms with van der Waals surface area (Å²) in [4.78, 5) is 15.9. The molecule has 1 aromatic heterocycles. The first-order valence-corrected chi connectivity index (χ1v) is 6.86. The van der Waals surface area contributed by atoms with Gasteiger partial charge < -0.3 is 9.84 Å². The number of halogens is 1. The van der Waals surface area contributed by atoms with Crippen molar-refractivity contribution in [1.82, 2.24) is 15.5 Å². The van der Waals surface area contributed by atoms with Gasteiger partial charge in [-0.15, -0.1) is 0 Å². The first-order valence-electron chi connectivity index (χ1n) is 6.86. The molecule has 6 heteroatoms. The normalized spacial score (nSPS) is 12.1. The molecule has 0 aliphatic rings. The summed E-state index contributed by atoms with van der Waals surface area (Å²) in [6, 6.07) is 6.61. The Hall–Kier alpha value is -2.24. The van der Waals surface area contributed by atoms with E-state index in [2.05, 4.69) is 15.5 Å². The van der Waals surface area contributed by atoms with E-state index in [0.29, 0.717) is 30.1 Å². The molecular formula is C15H18FN3O2. The summed E-state index contributed by atoms with van der Waals surface area (Å²) >= 11 is 0. The van der Waals surface area contributed by atoms with Crippen molar-refractivity contribution >= 4 is 5.91 Å². The van der Waals surface area contributed by atoms with E-state index in [1.807, 2.05) is 6.92 Å². The van der Waals surface area contributed by atoms with Gasteiger partial charge in [-0.2, -0.15) is 4.98 Å². The quantitative estimate of drug-likeness (QED) is 0.887. The van der Waals surface area contributed by atoms with Crippen LogP contribution in [0.15, 0.2) is 28.8 Å². The zero-order valence-corrected chi connectivity index (χ0v) is 12.1. The van der Waals surface area contributed by atoms with Crippen LogP contribution in [0.2, 0.25) is 0 Å². The average Bonchev–Trinajstić information content (AvgIpc) is 2.89. The summed E-state index contributed by atoms with van der Waals surface area (Å²) in [5.41, 5.74) is 0.629. The molecule has 0 radical (unpaired) electrons. The van der Waals surface area contributed by atoms with Gasteiger partial charge in [-0.1, -0.05) is 30.3 Å². The van der Waals surface area contributed by atoms with Gasteiger partial charge in [-0.3, -0.25) is 4.79 Å². The van der Waals surface area contributed by atoms with E-state index in [4.69, 9.17) is 4.52 Å². The number of carbonyl (C=O) groups is 1. The third-order valence-corrected chi connectivity index (χ3v) is 3.24. The van der Waals surface area contributed by atoms with Crippen molar-refractivity contribution in [1.29, 1.82) is 0 Å². The molecular weight excluding hydrogens is 273 g/mol. The molecule has 2 rings (SSSR count). The number of nitrogens with zero attached hydrogens (tertiary/aromatic N) is 2. The summed E-state index contributed by atoms with van der Waals surface area (Å²) in [5.74, 6) is 0.358. The lowest BCUT2D eigenvalue weighted by Crippen LogP contribution is -2.29. The molecule has 0 aliphatic heterocycles. The standard InChI is InChI=1S/C15H18FN3O2/c1-10(7-8-12-5-3-4-6-13(12)16)15(20)17-9-14-18-11(2)19-21-14/h3-6,10H,7-9H2,1-2H3,(H,17,20). The van der Waals surface area contributed by atoms with E-state index in [1.54, 1.807) is 25.1 Å². The molecule has 0 fully saturated rings. The number of nitrogens with one attached hydrogen (secondary N) is 1. The highest BCUT2D eigenvalue weighted by Crippen LogP contribution is 2.13. The van der Waals surface area contributed by atoms with Crippen molar-refractivity contribution < 1.29 is 13.7 Å². The Balaban J connectivity index is 1.78. The molecule has 1 unspecified atom stereocenters. The van der Waals surface area contributed by atoms with Crippen LogP contribution in [0.1, 0.15) is 30.6 Å². The highest BCUT2D eigenvalue weighted by molar-refractivity contribution is 5.78. The molecule has 21 heavy (non-hydrogen) atoms. The predicted octanol–water partition coefficient (Wildman–Crippen LogP) is 2.40. The van der Waals surface area contributed by atoms with Crippen LogP contribution < -0.4 is 5.32 Å². The van der Waals surface area contributed by atoms with Crippen LogP contribution in [0.4, 0.5) is 4.39 Å². The molecule has 2 aromatic rings. The van der Waals surface area contributed by atoms with E-state index in [1.165, 1.54) is 6.07 Å². The Kier molecular flexibility index (Phi) is 5.03. The monoisotopic (exact) mass is 291 g/mol. The van der Waals surface area contributed by atoms with E-state index in [9.17, 15) is 9.18 Å². The molecule has 0 spiro atoms. The number of carbonyl (C=O) groups excluding carboxylic acids is 1. The van der Waals surface area contributed by atoms with Crippen LogP contribution in [-0.2, 0) is 17.8 Å². The van der Waals surface area contributed by atoms with Crippen LogP contribution in [0.3, 0.4) is 0 Å². The smallest absolute Gasteiger partial charge is 0.246 e. The number of benzene rings is 1. The number of aromatic nitrogens is 2. The number of hydrogen-bond donors (Lipinski definition) is 1. The van der Waals surface area contributed by atoms with Gasteiger partial charge in [0, 0.05) is 5.92 Å². The Labute approximate surface area is 122 Å². The zero-order chi connectivity index (χ0) is 15.2. The van der Waals surface area contributed by atoms with Crippen LogP contribution in [0, 0.1) is 18.7 Å². The third kappa shape index (κ3) is 4.37. The van der Waals surface area contributed by atoms with Crippen LogP contribution in [0.25, 0.3) is 0 Å². The molecule has 1 atom stereocenters. The molecule has 1 amide bonds. The maximum atomic E-state index is 13.5. The lowest BCUT2D eigenvalue weighted by molar-refractivity contribution is -0.124. The van der Waals surface area contributed by atoms with Gasteiger partial charge in [-0.25, -0.2) is 4.39 Å². The third-order valence-electron chi connectivity index (χ3n) is 3.24. The summed E-state index contributed by atoms with van der Waals surface area (Å²) in [6.07, 6.45) is 1.11. The van der Waals surface area contributed by atoms with Crippen molar-refractivity contribution in [2.75, 3.05) is 0 Å². The van der Waals surface area contributed by atoms with Crippen molar-refractivity contribution in [2.45, 2.75) is 33.2 Å². The SMILES string of the molecule is Cc1noc(CNC(=O)C(C)CCc2ccccc2F)n1. The van der Waals surface area contributed by atoms with Gasteiger partial charge in [0.2, 0.25) is 11.8 Å². The van der Waals surface area contributed by atoms with Gasteiger partial charge in [0.05, 0.1) is 6.54 Å². The maximum absolute atomic E-state index is 13.5. The Morgan fingerprint density at radius 3 is 2.86 bits per heavy atom.